The first-order valence-corrected chi connectivity index (χ1v) is 8.54. The van der Waals surface area contributed by atoms with Gasteiger partial charge in [0.1, 0.15) is 0 Å². The molecular formula is C16H16ClF3O2S. The Labute approximate surface area is 142 Å². The maximum Gasteiger partial charge on any atom is 0.416 e. The van der Waals surface area contributed by atoms with E-state index < -0.39 is 18.0 Å². The molecule has 1 aliphatic heterocycles. The summed E-state index contributed by atoms with van der Waals surface area (Å²) in [6, 6.07) is 6.52. The monoisotopic (exact) mass is 364 g/mol. The van der Waals surface area contributed by atoms with Crippen LogP contribution < -0.4 is 0 Å². The second kappa shape index (κ2) is 8.24. The molecule has 0 amide bonds. The summed E-state index contributed by atoms with van der Waals surface area (Å²) in [7, 11) is 0. The van der Waals surface area contributed by atoms with Crippen molar-refractivity contribution in [2.24, 2.45) is 0 Å². The summed E-state index contributed by atoms with van der Waals surface area (Å²) in [5.74, 6) is 0. The van der Waals surface area contributed by atoms with Gasteiger partial charge in [0.05, 0.1) is 24.0 Å². The molecule has 0 N–H and O–H groups in total. The topological polar surface area (TPSA) is 18.5 Å². The van der Waals surface area contributed by atoms with Gasteiger partial charge in [0.2, 0.25) is 0 Å². The summed E-state index contributed by atoms with van der Waals surface area (Å²) in [6.45, 7) is 0.739. The number of halogens is 4. The zero-order valence-corrected chi connectivity index (χ0v) is 13.9. The molecule has 1 saturated heterocycles. The molecule has 0 unspecified atom stereocenters. The van der Waals surface area contributed by atoms with E-state index in [0.717, 1.165) is 12.2 Å². The lowest BCUT2D eigenvalue weighted by molar-refractivity contribution is -0.150. The summed E-state index contributed by atoms with van der Waals surface area (Å²) < 4.78 is 50.0. The molecule has 126 valence electrons. The molecular weight excluding hydrogens is 349 g/mol. The second-order valence-electron chi connectivity index (χ2n) is 4.90. The van der Waals surface area contributed by atoms with Crippen molar-refractivity contribution >= 4 is 29.4 Å². The number of alkyl halides is 3. The van der Waals surface area contributed by atoms with Crippen LogP contribution in [0.15, 0.2) is 42.0 Å². The van der Waals surface area contributed by atoms with Gasteiger partial charge in [-0.1, -0.05) is 29.8 Å². The second-order valence-corrected chi connectivity index (χ2v) is 6.47. The smallest absolute Gasteiger partial charge is 0.348 e. The molecule has 0 spiro atoms. The molecule has 2 rings (SSSR count). The summed E-state index contributed by atoms with van der Waals surface area (Å²) in [6.07, 6.45) is -0.205. The fraction of sp³-hybridized carbons (Fsp3) is 0.375. The Kier molecular flexibility index (Phi) is 6.59. The molecule has 1 heterocycles. The van der Waals surface area contributed by atoms with Crippen molar-refractivity contribution < 1.29 is 22.6 Å². The molecule has 1 aliphatic rings. The Balaban J connectivity index is 2.11. The lowest BCUT2D eigenvalue weighted by Gasteiger charge is -2.27. The molecule has 0 bridgehead atoms. The van der Waals surface area contributed by atoms with Crippen molar-refractivity contribution in [2.75, 3.05) is 19.5 Å². The molecule has 0 radical (unpaired) electrons. The molecule has 0 aromatic heterocycles. The van der Waals surface area contributed by atoms with Gasteiger partial charge < -0.3 is 9.47 Å². The van der Waals surface area contributed by atoms with Crippen LogP contribution in [0, 0.1) is 0 Å². The Morgan fingerprint density at radius 3 is 2.35 bits per heavy atom. The third kappa shape index (κ3) is 5.88. The zero-order chi connectivity index (χ0) is 16.9. The van der Waals surface area contributed by atoms with E-state index in [0.29, 0.717) is 23.8 Å². The fourth-order valence-corrected chi connectivity index (χ4v) is 2.44. The largest absolute Gasteiger partial charge is 0.416 e. The Morgan fingerprint density at radius 1 is 1.22 bits per heavy atom. The van der Waals surface area contributed by atoms with E-state index in [1.807, 2.05) is 6.26 Å². The van der Waals surface area contributed by atoms with Gasteiger partial charge in [-0.05, 0) is 36.1 Å². The minimum Gasteiger partial charge on any atom is -0.348 e. The van der Waals surface area contributed by atoms with Crippen LogP contribution in [0.3, 0.4) is 0 Å². The van der Waals surface area contributed by atoms with E-state index in [9.17, 15) is 13.2 Å². The SMILES string of the molecule is CSC1COC(/C=C(/C=C/c2ccc(Cl)cc2)C(F)(F)F)OC1. The molecule has 1 fully saturated rings. The van der Waals surface area contributed by atoms with E-state index in [4.69, 9.17) is 21.1 Å². The summed E-state index contributed by atoms with van der Waals surface area (Å²) in [5, 5.41) is 0.680. The first kappa shape index (κ1) is 18.4. The zero-order valence-electron chi connectivity index (χ0n) is 12.3. The van der Waals surface area contributed by atoms with Gasteiger partial charge in [-0.15, -0.1) is 0 Å². The summed E-state index contributed by atoms with van der Waals surface area (Å²) in [5.41, 5.74) is -0.183. The molecule has 0 atom stereocenters. The van der Waals surface area contributed by atoms with Gasteiger partial charge >= 0.3 is 6.18 Å². The minimum absolute atomic E-state index is 0.151. The maximum absolute atomic E-state index is 13.1. The normalized spacial score (nSPS) is 23.4. The predicted octanol–water partition coefficient (Wildman–Crippen LogP) is 4.95. The van der Waals surface area contributed by atoms with Crippen molar-refractivity contribution in [3.63, 3.8) is 0 Å². The van der Waals surface area contributed by atoms with Gasteiger partial charge in [-0.25, -0.2) is 0 Å². The lowest BCUT2D eigenvalue weighted by atomic mass is 10.1. The van der Waals surface area contributed by atoms with E-state index in [-0.39, 0.29) is 5.25 Å². The number of hydrogen-bond acceptors (Lipinski definition) is 3. The van der Waals surface area contributed by atoms with Crippen LogP contribution in [0.5, 0.6) is 0 Å². The minimum atomic E-state index is -4.48. The number of benzene rings is 1. The fourth-order valence-electron chi connectivity index (χ4n) is 1.88. The number of allylic oxidation sites excluding steroid dienone is 2. The van der Waals surface area contributed by atoms with Gasteiger partial charge in [0.25, 0.3) is 0 Å². The first-order valence-electron chi connectivity index (χ1n) is 6.87. The Bertz CT molecular complexity index is 562. The highest BCUT2D eigenvalue weighted by Crippen LogP contribution is 2.29. The van der Waals surface area contributed by atoms with E-state index in [1.165, 1.54) is 6.08 Å². The number of rotatable bonds is 4. The van der Waals surface area contributed by atoms with Gasteiger partial charge in [0, 0.05) is 5.02 Å². The highest BCUT2D eigenvalue weighted by Gasteiger charge is 2.33. The first-order chi connectivity index (χ1) is 10.9. The van der Waals surface area contributed by atoms with Crippen LogP contribution >= 0.6 is 23.4 Å². The molecule has 2 nitrogen and oxygen atoms in total. The highest BCUT2D eigenvalue weighted by atomic mass is 35.5. The molecule has 0 aliphatic carbocycles. The molecule has 1 aromatic rings. The number of thioether (sulfide) groups is 1. The van der Waals surface area contributed by atoms with E-state index >= 15 is 0 Å². The quantitative estimate of drug-likeness (QED) is 0.704. The van der Waals surface area contributed by atoms with E-state index in [2.05, 4.69) is 0 Å². The predicted molar refractivity (Wildman–Crippen MR) is 87.6 cm³/mol. The van der Waals surface area contributed by atoms with Crippen molar-refractivity contribution in [1.82, 2.24) is 0 Å². The van der Waals surface area contributed by atoms with Crippen molar-refractivity contribution in [3.8, 4) is 0 Å². The van der Waals surface area contributed by atoms with Crippen LogP contribution in [0.1, 0.15) is 5.56 Å². The van der Waals surface area contributed by atoms with Crippen molar-refractivity contribution in [1.29, 1.82) is 0 Å². The van der Waals surface area contributed by atoms with Crippen LogP contribution in [0.25, 0.3) is 6.08 Å². The van der Waals surface area contributed by atoms with Crippen molar-refractivity contribution in [2.45, 2.75) is 17.7 Å². The van der Waals surface area contributed by atoms with Crippen LogP contribution in [-0.2, 0) is 9.47 Å². The molecule has 1 aromatic carbocycles. The third-order valence-corrected chi connectivity index (χ3v) is 4.39. The Morgan fingerprint density at radius 2 is 1.83 bits per heavy atom. The van der Waals surface area contributed by atoms with Gasteiger partial charge in [-0.3, -0.25) is 0 Å². The average molecular weight is 365 g/mol. The van der Waals surface area contributed by atoms with Gasteiger partial charge in [0.15, 0.2) is 6.29 Å². The number of ether oxygens (including phenoxy) is 2. The third-order valence-electron chi connectivity index (χ3n) is 3.19. The van der Waals surface area contributed by atoms with Gasteiger partial charge in [-0.2, -0.15) is 24.9 Å². The van der Waals surface area contributed by atoms with E-state index in [1.54, 1.807) is 36.0 Å². The average Bonchev–Trinajstić information content (AvgIpc) is 2.52. The van der Waals surface area contributed by atoms with Crippen molar-refractivity contribution in [3.05, 3.63) is 52.6 Å². The highest BCUT2D eigenvalue weighted by molar-refractivity contribution is 7.99. The van der Waals surface area contributed by atoms with Crippen LogP contribution in [0.4, 0.5) is 13.2 Å². The molecule has 0 saturated carbocycles. The lowest BCUT2D eigenvalue weighted by Crippen LogP contribution is -2.33. The van der Waals surface area contributed by atoms with Crippen LogP contribution in [-0.4, -0.2) is 37.2 Å². The Hall–Kier alpha value is -0.950. The summed E-state index contributed by atoms with van der Waals surface area (Å²) in [4.78, 5) is 0. The molecule has 7 heteroatoms. The molecule has 23 heavy (non-hydrogen) atoms. The number of hydrogen-bond donors (Lipinski definition) is 0. The maximum atomic E-state index is 13.1. The standard InChI is InChI=1S/C16H16ClF3O2S/c1-23-14-9-21-15(22-10-14)8-12(16(18,19)20)5-2-11-3-6-13(17)7-4-11/h2-8,14-15H,9-10H2,1H3/b5-2+,12-8-. The van der Waals surface area contributed by atoms with Crippen LogP contribution in [0.2, 0.25) is 5.02 Å². The summed E-state index contributed by atoms with van der Waals surface area (Å²) >= 11 is 7.31.